The van der Waals surface area contributed by atoms with Gasteiger partial charge in [-0.2, -0.15) is 0 Å². The minimum atomic E-state index is 0.214. The van der Waals surface area contributed by atoms with Crippen molar-refractivity contribution >= 4 is 0 Å². The van der Waals surface area contributed by atoms with Crippen LogP contribution >= 0.6 is 0 Å². The van der Waals surface area contributed by atoms with Gasteiger partial charge in [0, 0.05) is 25.2 Å². The highest BCUT2D eigenvalue weighted by molar-refractivity contribution is 4.64. The average molecular weight is 160 g/mol. The summed E-state index contributed by atoms with van der Waals surface area (Å²) >= 11 is 0. The van der Waals surface area contributed by atoms with E-state index < -0.39 is 0 Å². The van der Waals surface area contributed by atoms with Crippen molar-refractivity contribution in [1.82, 2.24) is 10.6 Å². The molecule has 1 unspecified atom stereocenters. The summed E-state index contributed by atoms with van der Waals surface area (Å²) in [6.45, 7) is 8.20. The number of aliphatic hydroxyl groups is 1. The monoisotopic (exact) mass is 160 g/mol. The van der Waals surface area contributed by atoms with Crippen LogP contribution in [-0.4, -0.2) is 36.9 Å². The third-order valence-electron chi connectivity index (χ3n) is 1.44. The van der Waals surface area contributed by atoms with Crippen molar-refractivity contribution in [2.75, 3.05) is 19.7 Å². The molecule has 0 aromatic rings. The van der Waals surface area contributed by atoms with Crippen LogP contribution in [0.15, 0.2) is 0 Å². The van der Waals surface area contributed by atoms with Gasteiger partial charge in [0.2, 0.25) is 0 Å². The molecule has 0 rings (SSSR count). The lowest BCUT2D eigenvalue weighted by molar-refractivity contribution is 0.284. The van der Waals surface area contributed by atoms with Gasteiger partial charge in [0.1, 0.15) is 0 Å². The lowest BCUT2D eigenvalue weighted by Crippen LogP contribution is -2.39. The predicted octanol–water partition coefficient (Wildman–Crippen LogP) is -0.0452. The molecule has 0 saturated carbocycles. The van der Waals surface area contributed by atoms with Gasteiger partial charge >= 0.3 is 0 Å². The second kappa shape index (κ2) is 6.58. The molecular formula is C8H20N2O. The van der Waals surface area contributed by atoms with E-state index in [0.717, 1.165) is 6.54 Å². The van der Waals surface area contributed by atoms with Crippen LogP contribution in [0.3, 0.4) is 0 Å². The Morgan fingerprint density at radius 3 is 2.27 bits per heavy atom. The molecular weight excluding hydrogens is 140 g/mol. The van der Waals surface area contributed by atoms with Crippen LogP contribution in [0.2, 0.25) is 0 Å². The van der Waals surface area contributed by atoms with Crippen molar-refractivity contribution in [3.63, 3.8) is 0 Å². The molecule has 0 aromatic heterocycles. The highest BCUT2D eigenvalue weighted by Gasteiger charge is 1.99. The van der Waals surface area contributed by atoms with Crippen LogP contribution in [0.4, 0.5) is 0 Å². The van der Waals surface area contributed by atoms with Crippen molar-refractivity contribution in [2.45, 2.75) is 32.9 Å². The van der Waals surface area contributed by atoms with Gasteiger partial charge in [0.05, 0.1) is 6.61 Å². The summed E-state index contributed by atoms with van der Waals surface area (Å²) < 4.78 is 0. The van der Waals surface area contributed by atoms with Gasteiger partial charge in [0.15, 0.2) is 0 Å². The summed E-state index contributed by atoms with van der Waals surface area (Å²) in [5, 5.41) is 15.0. The molecule has 3 heteroatoms. The van der Waals surface area contributed by atoms with E-state index in [9.17, 15) is 0 Å². The van der Waals surface area contributed by atoms with Gasteiger partial charge in [-0.05, 0) is 6.92 Å². The van der Waals surface area contributed by atoms with E-state index in [1.165, 1.54) is 0 Å². The zero-order valence-corrected chi connectivity index (χ0v) is 7.72. The van der Waals surface area contributed by atoms with E-state index in [1.54, 1.807) is 0 Å². The Kier molecular flexibility index (Phi) is 6.51. The molecule has 0 bridgehead atoms. The van der Waals surface area contributed by atoms with Crippen LogP contribution in [0.25, 0.3) is 0 Å². The first-order valence-corrected chi connectivity index (χ1v) is 4.24. The fraction of sp³-hybridized carbons (Fsp3) is 1.00. The zero-order chi connectivity index (χ0) is 8.69. The Labute approximate surface area is 69.2 Å². The first kappa shape index (κ1) is 10.9. The number of hydrogen-bond donors (Lipinski definition) is 3. The van der Waals surface area contributed by atoms with Crippen LogP contribution < -0.4 is 10.6 Å². The number of rotatable bonds is 6. The largest absolute Gasteiger partial charge is 0.395 e. The minimum absolute atomic E-state index is 0.214. The van der Waals surface area contributed by atoms with Gasteiger partial charge in [0.25, 0.3) is 0 Å². The van der Waals surface area contributed by atoms with Gasteiger partial charge in [-0.1, -0.05) is 13.8 Å². The third kappa shape index (κ3) is 7.78. The molecule has 0 aromatic carbocycles. The SMILES string of the molecule is CC(C)NCC(C)NCCO. The smallest absolute Gasteiger partial charge is 0.0556 e. The fourth-order valence-electron chi connectivity index (χ4n) is 0.796. The summed E-state index contributed by atoms with van der Waals surface area (Å²) in [5.41, 5.74) is 0. The second-order valence-electron chi connectivity index (χ2n) is 3.14. The van der Waals surface area contributed by atoms with Crippen molar-refractivity contribution in [3.8, 4) is 0 Å². The summed E-state index contributed by atoms with van der Waals surface area (Å²) in [7, 11) is 0. The van der Waals surface area contributed by atoms with Crippen molar-refractivity contribution < 1.29 is 5.11 Å². The molecule has 0 aliphatic heterocycles. The van der Waals surface area contributed by atoms with E-state index in [1.807, 2.05) is 0 Å². The number of nitrogens with one attached hydrogen (secondary N) is 2. The van der Waals surface area contributed by atoms with E-state index in [-0.39, 0.29) is 6.61 Å². The van der Waals surface area contributed by atoms with Gasteiger partial charge in [-0.3, -0.25) is 0 Å². The van der Waals surface area contributed by atoms with Gasteiger partial charge in [-0.15, -0.1) is 0 Å². The van der Waals surface area contributed by atoms with Crippen molar-refractivity contribution in [3.05, 3.63) is 0 Å². The Balaban J connectivity index is 3.15. The topological polar surface area (TPSA) is 44.3 Å². The highest BCUT2D eigenvalue weighted by atomic mass is 16.3. The van der Waals surface area contributed by atoms with Crippen molar-refractivity contribution in [1.29, 1.82) is 0 Å². The Morgan fingerprint density at radius 2 is 1.82 bits per heavy atom. The van der Waals surface area contributed by atoms with Crippen LogP contribution in [0.1, 0.15) is 20.8 Å². The van der Waals surface area contributed by atoms with Crippen molar-refractivity contribution in [2.24, 2.45) is 0 Å². The average Bonchev–Trinajstić information content (AvgIpc) is 1.97. The third-order valence-corrected chi connectivity index (χ3v) is 1.44. The Bertz CT molecular complexity index is 86.2. The molecule has 0 fully saturated rings. The molecule has 0 amide bonds. The first-order valence-electron chi connectivity index (χ1n) is 4.24. The maximum Gasteiger partial charge on any atom is 0.0556 e. The second-order valence-corrected chi connectivity index (χ2v) is 3.14. The predicted molar refractivity (Wildman–Crippen MR) is 47.7 cm³/mol. The maximum atomic E-state index is 8.51. The quantitative estimate of drug-likeness (QED) is 0.510. The molecule has 0 saturated heterocycles. The molecule has 11 heavy (non-hydrogen) atoms. The summed E-state index contributed by atoms with van der Waals surface area (Å²) in [4.78, 5) is 0. The minimum Gasteiger partial charge on any atom is -0.395 e. The Morgan fingerprint density at radius 1 is 1.18 bits per heavy atom. The van der Waals surface area contributed by atoms with E-state index >= 15 is 0 Å². The van der Waals surface area contributed by atoms with Crippen LogP contribution in [-0.2, 0) is 0 Å². The molecule has 3 nitrogen and oxygen atoms in total. The number of hydrogen-bond acceptors (Lipinski definition) is 3. The number of aliphatic hydroxyl groups excluding tert-OH is 1. The Hall–Kier alpha value is -0.120. The molecule has 0 aliphatic rings. The molecule has 3 N–H and O–H groups in total. The molecule has 68 valence electrons. The molecule has 0 radical (unpaired) electrons. The van der Waals surface area contributed by atoms with E-state index in [4.69, 9.17) is 5.11 Å². The zero-order valence-electron chi connectivity index (χ0n) is 7.72. The summed E-state index contributed by atoms with van der Waals surface area (Å²) in [6.07, 6.45) is 0. The molecule has 0 heterocycles. The summed E-state index contributed by atoms with van der Waals surface area (Å²) in [6, 6.07) is 0.970. The molecule has 0 spiro atoms. The summed E-state index contributed by atoms with van der Waals surface area (Å²) in [5.74, 6) is 0. The lowest BCUT2D eigenvalue weighted by atomic mass is 10.3. The standard InChI is InChI=1S/C8H20N2O/c1-7(2)10-6-8(3)9-4-5-11/h7-11H,4-6H2,1-3H3. The fourth-order valence-corrected chi connectivity index (χ4v) is 0.796. The van der Waals surface area contributed by atoms with Crippen LogP contribution in [0.5, 0.6) is 0 Å². The molecule has 1 atom stereocenters. The van der Waals surface area contributed by atoms with E-state index in [2.05, 4.69) is 31.4 Å². The normalized spacial score (nSPS) is 13.9. The maximum absolute atomic E-state index is 8.51. The van der Waals surface area contributed by atoms with Gasteiger partial charge in [-0.25, -0.2) is 0 Å². The van der Waals surface area contributed by atoms with Gasteiger partial charge < -0.3 is 15.7 Å². The highest BCUT2D eigenvalue weighted by Crippen LogP contribution is 1.80. The lowest BCUT2D eigenvalue weighted by Gasteiger charge is -2.15. The van der Waals surface area contributed by atoms with Crippen LogP contribution in [0, 0.1) is 0 Å². The molecule has 0 aliphatic carbocycles. The van der Waals surface area contributed by atoms with E-state index in [0.29, 0.717) is 18.6 Å². The first-order chi connectivity index (χ1) is 5.16.